The number of carboxylic acids is 1. The van der Waals surface area contributed by atoms with E-state index in [1.807, 2.05) is 23.5 Å². The van der Waals surface area contributed by atoms with E-state index in [0.717, 1.165) is 0 Å². The van der Waals surface area contributed by atoms with Gasteiger partial charge in [-0.05, 0) is 25.7 Å². The van der Waals surface area contributed by atoms with E-state index in [1.165, 1.54) is 51.4 Å². The van der Waals surface area contributed by atoms with Crippen LogP contribution in [0, 0.1) is 0 Å². The second kappa shape index (κ2) is 9.69. The molecule has 0 aromatic carbocycles. The molecule has 2 saturated carbocycles. The first-order valence-electron chi connectivity index (χ1n) is 6.75. The molecular weight excluding hydrogens is 291 g/mol. The molecule has 0 heterocycles. The largest absolute Gasteiger partial charge is 1.00 e. The third kappa shape index (κ3) is 6.50. The van der Waals surface area contributed by atoms with Gasteiger partial charge in [0.2, 0.25) is 0 Å². The summed E-state index contributed by atoms with van der Waals surface area (Å²) in [4.78, 5) is 10.8. The molecule has 2 fully saturated rings. The average Bonchev–Trinajstić information content (AvgIpc) is 2.89. The van der Waals surface area contributed by atoms with E-state index in [2.05, 4.69) is 0 Å². The van der Waals surface area contributed by atoms with Crippen LogP contribution in [-0.2, 0) is 4.79 Å². The van der Waals surface area contributed by atoms with Crippen molar-refractivity contribution in [3.8, 4) is 0 Å². The third-order valence-electron chi connectivity index (χ3n) is 3.63. The van der Waals surface area contributed by atoms with Crippen LogP contribution in [0.4, 0.5) is 0 Å². The minimum Gasteiger partial charge on any atom is -0.550 e. The summed E-state index contributed by atoms with van der Waals surface area (Å²) in [5, 5.41) is 12.2. The first kappa shape index (κ1) is 17.9. The first-order chi connectivity index (χ1) is 8.24. The molecule has 0 amide bonds. The second-order valence-electron chi connectivity index (χ2n) is 5.09. The van der Waals surface area contributed by atoms with Gasteiger partial charge in [-0.3, -0.25) is 0 Å². The van der Waals surface area contributed by atoms with E-state index in [-0.39, 0.29) is 62.4 Å². The zero-order valence-corrected chi connectivity index (χ0v) is 16.0. The molecule has 0 aromatic heterocycles. The summed E-state index contributed by atoms with van der Waals surface area (Å²) in [6.07, 6.45) is 10.6. The average molecular weight is 313 g/mol. The first-order valence-corrected chi connectivity index (χ1v) is 8.63. The number of aliphatic carboxylic acids is 1. The third-order valence-corrected chi connectivity index (χ3v) is 6.95. The number of carboxylic acid groups (broad SMARTS) is 1. The van der Waals surface area contributed by atoms with Crippen molar-refractivity contribution in [3.63, 3.8) is 0 Å². The summed E-state index contributed by atoms with van der Waals surface area (Å²) in [5.74, 6) is -0.883. The van der Waals surface area contributed by atoms with E-state index in [9.17, 15) is 9.90 Å². The molecule has 2 nitrogen and oxygen atoms in total. The fraction of sp³-hybridized carbons (Fsp3) is 0.923. The van der Waals surface area contributed by atoms with Crippen LogP contribution in [0.2, 0.25) is 0 Å². The topological polar surface area (TPSA) is 40.1 Å². The maximum absolute atomic E-state index is 10.8. The van der Waals surface area contributed by atoms with Gasteiger partial charge >= 0.3 is 51.4 Å². The van der Waals surface area contributed by atoms with Gasteiger partial charge in [0.1, 0.15) is 0 Å². The number of thioether (sulfide) groups is 2. The Balaban J connectivity index is 0.00000162. The predicted octanol–water partition coefficient (Wildman–Crippen LogP) is -0.192. The molecule has 2 aliphatic rings. The number of hydrogen-bond acceptors (Lipinski definition) is 4. The van der Waals surface area contributed by atoms with Crippen molar-refractivity contribution in [1.29, 1.82) is 0 Å². The molecule has 0 radical (unpaired) electrons. The van der Waals surface area contributed by atoms with Crippen molar-refractivity contribution in [3.05, 3.63) is 0 Å². The van der Waals surface area contributed by atoms with Crippen LogP contribution in [0.15, 0.2) is 0 Å². The van der Waals surface area contributed by atoms with Crippen LogP contribution >= 0.6 is 23.5 Å². The maximum atomic E-state index is 10.8. The van der Waals surface area contributed by atoms with Gasteiger partial charge in [0, 0.05) is 22.9 Å². The number of carbonyl (C=O) groups is 1. The molecule has 2 rings (SSSR count). The Labute approximate surface area is 161 Å². The Morgan fingerprint density at radius 3 is 1.72 bits per heavy atom. The van der Waals surface area contributed by atoms with Gasteiger partial charge < -0.3 is 9.90 Å². The molecule has 0 bridgehead atoms. The molecule has 0 spiro atoms. The Bertz CT molecular complexity index is 233. The van der Waals surface area contributed by atoms with Crippen molar-refractivity contribution in [1.82, 2.24) is 0 Å². The molecule has 0 atom stereocenters. The minimum atomic E-state index is -0.883. The molecule has 18 heavy (non-hydrogen) atoms. The van der Waals surface area contributed by atoms with Crippen molar-refractivity contribution < 1.29 is 61.3 Å². The standard InChI is InChI=1S/C13H22O2S2.K/c14-12(15)9-13(16-10-5-1-2-6-10)17-11-7-3-4-8-11;/h10-11,13H,1-9H2,(H,14,15);/q;+1/p-1. The summed E-state index contributed by atoms with van der Waals surface area (Å²) in [6.45, 7) is 0. The van der Waals surface area contributed by atoms with Gasteiger partial charge in [-0.1, -0.05) is 25.7 Å². The molecule has 0 saturated heterocycles. The van der Waals surface area contributed by atoms with Crippen molar-refractivity contribution in [2.24, 2.45) is 0 Å². The van der Waals surface area contributed by atoms with Crippen LogP contribution in [-0.4, -0.2) is 21.1 Å². The Hall–Kier alpha value is 1.81. The molecule has 0 unspecified atom stereocenters. The smallest absolute Gasteiger partial charge is 0.550 e. The predicted molar refractivity (Wildman–Crippen MR) is 73.1 cm³/mol. The second-order valence-corrected chi connectivity index (χ2v) is 8.40. The summed E-state index contributed by atoms with van der Waals surface area (Å²) in [7, 11) is 0. The molecule has 0 aliphatic heterocycles. The molecular formula is C13H21KO2S2. The molecule has 2 aliphatic carbocycles. The minimum absolute atomic E-state index is 0. The quantitative estimate of drug-likeness (QED) is 0.503. The van der Waals surface area contributed by atoms with Crippen LogP contribution in [0.25, 0.3) is 0 Å². The number of hydrogen-bond donors (Lipinski definition) is 0. The van der Waals surface area contributed by atoms with Gasteiger partial charge in [0.25, 0.3) is 0 Å². The van der Waals surface area contributed by atoms with E-state index >= 15 is 0 Å². The van der Waals surface area contributed by atoms with Crippen molar-refractivity contribution in [2.75, 3.05) is 0 Å². The van der Waals surface area contributed by atoms with E-state index < -0.39 is 5.97 Å². The van der Waals surface area contributed by atoms with Gasteiger partial charge in [0.15, 0.2) is 0 Å². The van der Waals surface area contributed by atoms with Crippen LogP contribution in [0.3, 0.4) is 0 Å². The van der Waals surface area contributed by atoms with Crippen LogP contribution < -0.4 is 56.5 Å². The SMILES string of the molecule is O=C([O-])CC(SC1CCCC1)SC1CCCC1.[K+]. The molecule has 0 aromatic rings. The zero-order valence-electron chi connectivity index (χ0n) is 11.2. The van der Waals surface area contributed by atoms with Gasteiger partial charge in [0.05, 0.1) is 4.58 Å². The summed E-state index contributed by atoms with van der Waals surface area (Å²) in [6, 6.07) is 0. The van der Waals surface area contributed by atoms with Crippen LogP contribution in [0.5, 0.6) is 0 Å². The van der Waals surface area contributed by atoms with Gasteiger partial charge in [-0.2, -0.15) is 0 Å². The van der Waals surface area contributed by atoms with Crippen molar-refractivity contribution >= 4 is 29.5 Å². The fourth-order valence-electron chi connectivity index (χ4n) is 2.74. The summed E-state index contributed by atoms with van der Waals surface area (Å²) < 4.78 is 0.228. The normalized spacial score (nSPS) is 21.4. The number of rotatable bonds is 6. The van der Waals surface area contributed by atoms with Crippen LogP contribution in [0.1, 0.15) is 57.8 Å². The van der Waals surface area contributed by atoms with Gasteiger partial charge in [-0.25, -0.2) is 0 Å². The molecule has 0 N–H and O–H groups in total. The van der Waals surface area contributed by atoms with E-state index in [4.69, 9.17) is 0 Å². The monoisotopic (exact) mass is 312 g/mol. The van der Waals surface area contributed by atoms with Gasteiger partial charge in [-0.15, -0.1) is 23.5 Å². The maximum Gasteiger partial charge on any atom is 1.00 e. The van der Waals surface area contributed by atoms with Crippen molar-refractivity contribution in [2.45, 2.75) is 72.9 Å². The summed E-state index contributed by atoms with van der Waals surface area (Å²) in [5.41, 5.74) is 0. The summed E-state index contributed by atoms with van der Waals surface area (Å²) >= 11 is 3.82. The van der Waals surface area contributed by atoms with E-state index in [1.54, 1.807) is 0 Å². The van der Waals surface area contributed by atoms with E-state index in [0.29, 0.717) is 10.5 Å². The molecule has 98 valence electrons. The zero-order chi connectivity index (χ0) is 12.1. The fourth-order valence-corrected chi connectivity index (χ4v) is 6.48. The molecule has 5 heteroatoms. The Morgan fingerprint density at radius 2 is 1.39 bits per heavy atom. The Morgan fingerprint density at radius 1 is 1.00 bits per heavy atom. The number of carbonyl (C=O) groups excluding carboxylic acids is 1. The Kier molecular flexibility index (Phi) is 9.61.